The van der Waals surface area contributed by atoms with Gasteiger partial charge in [0.15, 0.2) is 0 Å². The second-order valence-corrected chi connectivity index (χ2v) is 5.57. The summed E-state index contributed by atoms with van der Waals surface area (Å²) in [5.74, 6) is 0.646. The van der Waals surface area contributed by atoms with Crippen LogP contribution in [-0.4, -0.2) is 23.9 Å². The maximum atomic E-state index is 13.4. The zero-order valence-electron chi connectivity index (χ0n) is 11.5. The van der Waals surface area contributed by atoms with E-state index in [0.717, 1.165) is 25.9 Å². The molecule has 0 aliphatic carbocycles. The van der Waals surface area contributed by atoms with Crippen LogP contribution in [-0.2, 0) is 0 Å². The fourth-order valence-electron chi connectivity index (χ4n) is 2.66. The standard InChI is InChI=1S/C15H21FN2O/c1-10(2)11-6-8-18(9-7-11)15(19)12-4-3-5-13(16)14(12)17/h3-5,10-11H,6-9,17H2,1-2H3. The summed E-state index contributed by atoms with van der Waals surface area (Å²) in [7, 11) is 0. The molecule has 2 N–H and O–H groups in total. The summed E-state index contributed by atoms with van der Waals surface area (Å²) in [6.45, 7) is 5.90. The highest BCUT2D eigenvalue weighted by Crippen LogP contribution is 2.26. The number of hydrogen-bond donors (Lipinski definition) is 1. The van der Waals surface area contributed by atoms with Crippen LogP contribution < -0.4 is 5.73 Å². The van der Waals surface area contributed by atoms with Gasteiger partial charge in [-0.2, -0.15) is 0 Å². The molecule has 3 nitrogen and oxygen atoms in total. The summed E-state index contributed by atoms with van der Waals surface area (Å²) in [6.07, 6.45) is 2.03. The first-order chi connectivity index (χ1) is 9.00. The third-order valence-electron chi connectivity index (χ3n) is 4.05. The number of rotatable bonds is 2. The van der Waals surface area contributed by atoms with E-state index in [0.29, 0.717) is 11.8 Å². The largest absolute Gasteiger partial charge is 0.396 e. The smallest absolute Gasteiger partial charge is 0.256 e. The maximum absolute atomic E-state index is 13.4. The lowest BCUT2D eigenvalue weighted by atomic mass is 9.86. The van der Waals surface area contributed by atoms with E-state index in [2.05, 4.69) is 13.8 Å². The van der Waals surface area contributed by atoms with Crippen LogP contribution in [0.1, 0.15) is 37.0 Å². The van der Waals surface area contributed by atoms with Crippen LogP contribution in [0.2, 0.25) is 0 Å². The average Bonchev–Trinajstić information content (AvgIpc) is 2.41. The van der Waals surface area contributed by atoms with Gasteiger partial charge >= 0.3 is 0 Å². The van der Waals surface area contributed by atoms with Crippen molar-refractivity contribution in [3.8, 4) is 0 Å². The Morgan fingerprint density at radius 3 is 2.58 bits per heavy atom. The molecule has 0 unspecified atom stereocenters. The number of likely N-dealkylation sites (tertiary alicyclic amines) is 1. The van der Waals surface area contributed by atoms with Crippen molar-refractivity contribution >= 4 is 11.6 Å². The molecule has 1 aromatic carbocycles. The quantitative estimate of drug-likeness (QED) is 0.835. The third-order valence-corrected chi connectivity index (χ3v) is 4.05. The van der Waals surface area contributed by atoms with Crippen LogP contribution in [0.25, 0.3) is 0 Å². The molecule has 0 bridgehead atoms. The lowest BCUT2D eigenvalue weighted by molar-refractivity contribution is 0.0668. The van der Waals surface area contributed by atoms with E-state index in [-0.39, 0.29) is 17.2 Å². The zero-order valence-corrected chi connectivity index (χ0v) is 11.5. The molecule has 1 aliphatic heterocycles. The van der Waals surface area contributed by atoms with Crippen LogP contribution >= 0.6 is 0 Å². The van der Waals surface area contributed by atoms with Gasteiger partial charge in [-0.05, 0) is 36.8 Å². The van der Waals surface area contributed by atoms with Gasteiger partial charge in [0.25, 0.3) is 5.91 Å². The molecule has 1 amide bonds. The number of halogens is 1. The monoisotopic (exact) mass is 264 g/mol. The average molecular weight is 264 g/mol. The molecule has 1 heterocycles. The number of nitrogens with two attached hydrogens (primary N) is 1. The molecule has 0 atom stereocenters. The van der Waals surface area contributed by atoms with Crippen molar-refractivity contribution in [1.82, 2.24) is 4.90 Å². The lowest BCUT2D eigenvalue weighted by Crippen LogP contribution is -2.39. The van der Waals surface area contributed by atoms with Gasteiger partial charge in [0.05, 0.1) is 11.3 Å². The maximum Gasteiger partial charge on any atom is 0.256 e. The van der Waals surface area contributed by atoms with Gasteiger partial charge < -0.3 is 10.6 Å². The molecule has 4 heteroatoms. The topological polar surface area (TPSA) is 46.3 Å². The predicted molar refractivity (Wildman–Crippen MR) is 74.3 cm³/mol. The van der Waals surface area contributed by atoms with Crippen molar-refractivity contribution < 1.29 is 9.18 Å². The molecule has 1 aromatic rings. The first kappa shape index (κ1) is 13.8. The van der Waals surface area contributed by atoms with Crippen molar-refractivity contribution in [2.24, 2.45) is 11.8 Å². The van der Waals surface area contributed by atoms with Gasteiger partial charge in [-0.25, -0.2) is 4.39 Å². The predicted octanol–water partition coefficient (Wildman–Crippen LogP) is 2.92. The first-order valence-electron chi connectivity index (χ1n) is 6.84. The summed E-state index contributed by atoms with van der Waals surface area (Å²) in [4.78, 5) is 14.1. The van der Waals surface area contributed by atoms with Crippen molar-refractivity contribution in [2.45, 2.75) is 26.7 Å². The number of para-hydroxylation sites is 1. The Kier molecular flexibility index (Phi) is 4.08. The number of carbonyl (C=O) groups is 1. The highest BCUT2D eigenvalue weighted by molar-refractivity contribution is 5.99. The molecular formula is C15H21FN2O. The van der Waals surface area contributed by atoms with Crippen molar-refractivity contribution in [2.75, 3.05) is 18.8 Å². The molecule has 1 saturated heterocycles. The minimum Gasteiger partial charge on any atom is -0.396 e. The number of nitrogen functional groups attached to an aromatic ring is 1. The van der Waals surface area contributed by atoms with Crippen LogP contribution in [0.15, 0.2) is 18.2 Å². The minimum absolute atomic E-state index is 0.0431. The Hall–Kier alpha value is -1.58. The number of piperidine rings is 1. The zero-order chi connectivity index (χ0) is 14.0. The molecule has 19 heavy (non-hydrogen) atoms. The number of nitrogens with zero attached hydrogens (tertiary/aromatic N) is 1. The van der Waals surface area contributed by atoms with Gasteiger partial charge in [-0.1, -0.05) is 19.9 Å². The number of amides is 1. The summed E-state index contributed by atoms with van der Waals surface area (Å²) < 4.78 is 13.4. The van der Waals surface area contributed by atoms with E-state index in [1.54, 1.807) is 11.0 Å². The van der Waals surface area contributed by atoms with Gasteiger partial charge in [-0.3, -0.25) is 4.79 Å². The summed E-state index contributed by atoms with van der Waals surface area (Å²) in [6, 6.07) is 4.40. The molecule has 1 aliphatic rings. The molecule has 0 spiro atoms. The van der Waals surface area contributed by atoms with Crippen molar-refractivity contribution in [3.05, 3.63) is 29.6 Å². The lowest BCUT2D eigenvalue weighted by Gasteiger charge is -2.34. The Balaban J connectivity index is 2.07. The molecule has 2 rings (SSSR count). The third kappa shape index (κ3) is 2.88. The summed E-state index contributed by atoms with van der Waals surface area (Å²) in [5, 5.41) is 0. The van der Waals surface area contributed by atoms with Gasteiger partial charge in [-0.15, -0.1) is 0 Å². The summed E-state index contributed by atoms with van der Waals surface area (Å²) >= 11 is 0. The van der Waals surface area contributed by atoms with E-state index in [9.17, 15) is 9.18 Å². The van der Waals surface area contributed by atoms with Crippen molar-refractivity contribution in [3.63, 3.8) is 0 Å². The molecular weight excluding hydrogens is 243 g/mol. The van der Waals surface area contributed by atoms with E-state index < -0.39 is 5.82 Å². The Labute approximate surface area is 113 Å². The van der Waals surface area contributed by atoms with Crippen LogP contribution in [0.5, 0.6) is 0 Å². The van der Waals surface area contributed by atoms with Crippen LogP contribution in [0, 0.1) is 17.7 Å². The second kappa shape index (κ2) is 5.59. The molecule has 1 fully saturated rings. The molecule has 0 aromatic heterocycles. The van der Waals surface area contributed by atoms with Gasteiger partial charge in [0.1, 0.15) is 5.82 Å². The number of benzene rings is 1. The van der Waals surface area contributed by atoms with Crippen molar-refractivity contribution in [1.29, 1.82) is 0 Å². The molecule has 0 saturated carbocycles. The van der Waals surface area contributed by atoms with Crippen LogP contribution in [0.3, 0.4) is 0 Å². The Morgan fingerprint density at radius 1 is 1.37 bits per heavy atom. The summed E-state index contributed by atoms with van der Waals surface area (Å²) in [5.41, 5.74) is 5.88. The fraction of sp³-hybridized carbons (Fsp3) is 0.533. The highest BCUT2D eigenvalue weighted by Gasteiger charge is 2.26. The number of carbonyl (C=O) groups excluding carboxylic acids is 1. The van der Waals surface area contributed by atoms with E-state index in [1.165, 1.54) is 12.1 Å². The second-order valence-electron chi connectivity index (χ2n) is 5.57. The molecule has 0 radical (unpaired) electrons. The van der Waals surface area contributed by atoms with Crippen LogP contribution in [0.4, 0.5) is 10.1 Å². The highest BCUT2D eigenvalue weighted by atomic mass is 19.1. The van der Waals surface area contributed by atoms with E-state index in [4.69, 9.17) is 5.73 Å². The minimum atomic E-state index is -0.525. The van der Waals surface area contributed by atoms with Gasteiger partial charge in [0.2, 0.25) is 0 Å². The normalized spacial score (nSPS) is 16.9. The number of hydrogen-bond acceptors (Lipinski definition) is 2. The first-order valence-corrected chi connectivity index (χ1v) is 6.84. The van der Waals surface area contributed by atoms with E-state index in [1.807, 2.05) is 0 Å². The van der Waals surface area contributed by atoms with E-state index >= 15 is 0 Å². The Morgan fingerprint density at radius 2 is 2.00 bits per heavy atom. The number of anilines is 1. The molecule has 104 valence electrons. The van der Waals surface area contributed by atoms with Gasteiger partial charge in [0, 0.05) is 13.1 Å². The Bertz CT molecular complexity index is 465. The SMILES string of the molecule is CC(C)C1CCN(C(=O)c2cccc(F)c2N)CC1. The fourth-order valence-corrected chi connectivity index (χ4v) is 2.66.